The fourth-order valence-electron chi connectivity index (χ4n) is 2.07. The highest BCUT2D eigenvalue weighted by molar-refractivity contribution is 7.93. The lowest BCUT2D eigenvalue weighted by Gasteiger charge is -2.08. The summed E-state index contributed by atoms with van der Waals surface area (Å²) >= 11 is 1.46. The van der Waals surface area contributed by atoms with E-state index in [0.717, 1.165) is 9.75 Å². The van der Waals surface area contributed by atoms with Crippen molar-refractivity contribution in [1.82, 2.24) is 14.8 Å². The monoisotopic (exact) mass is 334 g/mol. The Labute approximate surface area is 132 Å². The summed E-state index contributed by atoms with van der Waals surface area (Å²) in [6.45, 7) is 3.68. The van der Waals surface area contributed by atoms with Gasteiger partial charge in [0.05, 0.1) is 11.9 Å². The van der Waals surface area contributed by atoms with Crippen LogP contribution in [0.2, 0.25) is 0 Å². The van der Waals surface area contributed by atoms with Crippen molar-refractivity contribution in [2.75, 3.05) is 4.72 Å². The molecule has 0 unspecified atom stereocenters. The summed E-state index contributed by atoms with van der Waals surface area (Å²) in [5.41, 5.74) is 0.416. The first-order valence-corrected chi connectivity index (χ1v) is 8.81. The van der Waals surface area contributed by atoms with E-state index in [1.165, 1.54) is 17.5 Å². The molecule has 0 aromatic carbocycles. The average molecular weight is 334 g/mol. The van der Waals surface area contributed by atoms with Crippen LogP contribution >= 0.6 is 11.3 Å². The van der Waals surface area contributed by atoms with E-state index in [4.69, 9.17) is 0 Å². The molecule has 0 radical (unpaired) electrons. The van der Waals surface area contributed by atoms with Gasteiger partial charge in [-0.05, 0) is 38.1 Å². The summed E-state index contributed by atoms with van der Waals surface area (Å²) in [5.74, 6) is 0.621. The number of hydrogen-bond donors (Lipinski definition) is 1. The number of hydrogen-bond acceptors (Lipinski definition) is 5. The smallest absolute Gasteiger partial charge is 0.263 e. The second-order valence-corrected chi connectivity index (χ2v) is 7.85. The third-order valence-corrected chi connectivity index (χ3v) is 5.63. The Bertz CT molecular complexity index is 882. The van der Waals surface area contributed by atoms with Crippen molar-refractivity contribution >= 4 is 27.0 Å². The predicted molar refractivity (Wildman–Crippen MR) is 86.0 cm³/mol. The zero-order valence-corrected chi connectivity index (χ0v) is 13.6. The number of anilines is 1. The summed E-state index contributed by atoms with van der Waals surface area (Å²) in [6.07, 6.45) is 4.90. The van der Waals surface area contributed by atoms with Gasteiger partial charge in [0.25, 0.3) is 10.0 Å². The van der Waals surface area contributed by atoms with Gasteiger partial charge in [-0.25, -0.2) is 18.1 Å². The van der Waals surface area contributed by atoms with Crippen molar-refractivity contribution < 1.29 is 8.42 Å². The van der Waals surface area contributed by atoms with Gasteiger partial charge in [0.1, 0.15) is 4.90 Å². The molecule has 0 aliphatic rings. The van der Waals surface area contributed by atoms with Gasteiger partial charge in [-0.1, -0.05) is 0 Å². The summed E-state index contributed by atoms with van der Waals surface area (Å²) in [6, 6.07) is 6.83. The van der Waals surface area contributed by atoms with E-state index in [1.807, 2.05) is 6.92 Å². The van der Waals surface area contributed by atoms with Gasteiger partial charge < -0.3 is 0 Å². The number of rotatable bonds is 4. The molecule has 0 fully saturated rings. The normalized spacial score (nSPS) is 11.5. The largest absolute Gasteiger partial charge is 0.278 e. The van der Waals surface area contributed by atoms with Crippen molar-refractivity contribution in [2.24, 2.45) is 0 Å². The molecule has 3 rings (SSSR count). The Morgan fingerprint density at radius 2 is 2.09 bits per heavy atom. The van der Waals surface area contributed by atoms with E-state index in [9.17, 15) is 8.42 Å². The minimum absolute atomic E-state index is 0.311. The van der Waals surface area contributed by atoms with Gasteiger partial charge in [-0.3, -0.25) is 4.72 Å². The summed E-state index contributed by atoms with van der Waals surface area (Å²) < 4.78 is 28.9. The van der Waals surface area contributed by atoms with Crippen LogP contribution < -0.4 is 4.72 Å². The number of sulfonamides is 1. The SMILES string of the molecule is Cc1cc(S(=O)(=O)Nc2ccc(-n3cccn3)nc2)c(C)s1. The van der Waals surface area contributed by atoms with E-state index in [2.05, 4.69) is 14.8 Å². The fourth-order valence-corrected chi connectivity index (χ4v) is 4.67. The van der Waals surface area contributed by atoms with Gasteiger partial charge >= 0.3 is 0 Å². The second kappa shape index (κ2) is 5.54. The molecule has 114 valence electrons. The van der Waals surface area contributed by atoms with E-state index >= 15 is 0 Å². The zero-order chi connectivity index (χ0) is 15.7. The quantitative estimate of drug-likeness (QED) is 0.796. The standard InChI is InChI=1S/C14H14N4O2S2/c1-10-8-13(11(2)21-10)22(19,20)17-12-4-5-14(15-9-12)18-7-3-6-16-18/h3-9,17H,1-2H3. The lowest BCUT2D eigenvalue weighted by molar-refractivity contribution is 0.601. The lowest BCUT2D eigenvalue weighted by atomic mass is 10.4. The summed E-state index contributed by atoms with van der Waals surface area (Å²) in [4.78, 5) is 6.25. The number of aryl methyl sites for hydroxylation is 2. The second-order valence-electron chi connectivity index (χ2n) is 4.74. The maximum atomic E-state index is 12.4. The molecule has 3 aromatic rings. The van der Waals surface area contributed by atoms with Gasteiger partial charge in [0.15, 0.2) is 5.82 Å². The van der Waals surface area contributed by atoms with Gasteiger partial charge in [-0.15, -0.1) is 11.3 Å². The molecule has 1 N–H and O–H groups in total. The van der Waals surface area contributed by atoms with Crippen LogP contribution in [0, 0.1) is 13.8 Å². The summed E-state index contributed by atoms with van der Waals surface area (Å²) in [5, 5.41) is 4.07. The van der Waals surface area contributed by atoms with Crippen LogP contribution in [0.1, 0.15) is 9.75 Å². The molecule has 6 nitrogen and oxygen atoms in total. The lowest BCUT2D eigenvalue weighted by Crippen LogP contribution is -2.13. The number of nitrogens with zero attached hydrogens (tertiary/aromatic N) is 3. The minimum Gasteiger partial charge on any atom is -0.278 e. The molecule has 0 spiro atoms. The first kappa shape index (κ1) is 14.7. The molecule has 0 atom stereocenters. The minimum atomic E-state index is -3.59. The Morgan fingerprint density at radius 3 is 2.64 bits per heavy atom. The molecule has 0 aliphatic carbocycles. The van der Waals surface area contributed by atoms with Crippen molar-refractivity contribution in [3.05, 3.63) is 52.6 Å². The molecular weight excluding hydrogens is 320 g/mol. The van der Waals surface area contributed by atoms with Crippen LogP contribution in [-0.2, 0) is 10.0 Å². The van der Waals surface area contributed by atoms with Gasteiger partial charge in [0, 0.05) is 22.1 Å². The summed E-state index contributed by atoms with van der Waals surface area (Å²) in [7, 11) is -3.59. The van der Waals surface area contributed by atoms with Crippen LogP contribution in [0.25, 0.3) is 5.82 Å². The highest BCUT2D eigenvalue weighted by atomic mass is 32.2. The van der Waals surface area contributed by atoms with Crippen molar-refractivity contribution in [3.63, 3.8) is 0 Å². The first-order chi connectivity index (χ1) is 10.5. The van der Waals surface area contributed by atoms with E-state index < -0.39 is 10.0 Å². The van der Waals surface area contributed by atoms with E-state index in [1.54, 1.807) is 48.3 Å². The van der Waals surface area contributed by atoms with E-state index in [0.29, 0.717) is 16.4 Å². The maximum Gasteiger partial charge on any atom is 0.263 e. The number of nitrogens with one attached hydrogen (secondary N) is 1. The van der Waals surface area contributed by atoms with Crippen LogP contribution in [-0.4, -0.2) is 23.2 Å². The Kier molecular flexibility index (Phi) is 3.71. The molecule has 3 aromatic heterocycles. The van der Waals surface area contributed by atoms with E-state index in [-0.39, 0.29) is 0 Å². The topological polar surface area (TPSA) is 76.9 Å². The van der Waals surface area contributed by atoms with Gasteiger partial charge in [-0.2, -0.15) is 5.10 Å². The predicted octanol–water partition coefficient (Wildman–Crippen LogP) is 2.75. The molecule has 8 heteroatoms. The molecule has 3 heterocycles. The zero-order valence-electron chi connectivity index (χ0n) is 12.0. The Balaban J connectivity index is 1.85. The number of pyridine rings is 1. The highest BCUT2D eigenvalue weighted by Crippen LogP contribution is 2.26. The number of aromatic nitrogens is 3. The molecule has 0 amide bonds. The molecule has 0 saturated heterocycles. The van der Waals surface area contributed by atoms with Crippen LogP contribution in [0.4, 0.5) is 5.69 Å². The molecule has 0 bridgehead atoms. The molecular formula is C14H14N4O2S2. The Hall–Kier alpha value is -2.19. The molecule has 22 heavy (non-hydrogen) atoms. The van der Waals surface area contributed by atoms with Crippen molar-refractivity contribution in [3.8, 4) is 5.82 Å². The van der Waals surface area contributed by atoms with Gasteiger partial charge in [0.2, 0.25) is 0 Å². The number of thiophene rings is 1. The van der Waals surface area contributed by atoms with Crippen LogP contribution in [0.5, 0.6) is 0 Å². The maximum absolute atomic E-state index is 12.4. The van der Waals surface area contributed by atoms with Crippen molar-refractivity contribution in [1.29, 1.82) is 0 Å². The first-order valence-electron chi connectivity index (χ1n) is 6.52. The molecule has 0 saturated carbocycles. The third-order valence-electron chi connectivity index (χ3n) is 3.02. The highest BCUT2D eigenvalue weighted by Gasteiger charge is 2.19. The van der Waals surface area contributed by atoms with Crippen LogP contribution in [0.3, 0.4) is 0 Å². The molecule has 0 aliphatic heterocycles. The van der Waals surface area contributed by atoms with Crippen molar-refractivity contribution in [2.45, 2.75) is 18.7 Å². The fraction of sp³-hybridized carbons (Fsp3) is 0.143. The van der Waals surface area contributed by atoms with Crippen LogP contribution in [0.15, 0.2) is 47.8 Å². The average Bonchev–Trinajstić information content (AvgIpc) is 3.09. The third kappa shape index (κ3) is 2.88. The Morgan fingerprint density at radius 1 is 1.27 bits per heavy atom.